The van der Waals surface area contributed by atoms with E-state index in [2.05, 4.69) is 17.1 Å². The third kappa shape index (κ3) is 3.94. The largest absolute Gasteiger partial charge is 0.383 e. The second-order valence-electron chi connectivity index (χ2n) is 6.08. The number of nitrogens with one attached hydrogen (secondary N) is 1. The molecule has 0 spiro atoms. The summed E-state index contributed by atoms with van der Waals surface area (Å²) < 4.78 is 5.25. The Morgan fingerprint density at radius 3 is 2.67 bits per heavy atom. The van der Waals surface area contributed by atoms with Gasteiger partial charge in [-0.15, -0.1) is 0 Å². The van der Waals surface area contributed by atoms with Gasteiger partial charge in [-0.05, 0) is 38.6 Å². The smallest absolute Gasteiger partial charge is 0.0589 e. The molecule has 2 aliphatic rings. The monoisotopic (exact) mass is 254 g/mol. The maximum Gasteiger partial charge on any atom is 0.0589 e. The molecule has 106 valence electrons. The van der Waals surface area contributed by atoms with Crippen LogP contribution in [0.15, 0.2) is 0 Å². The van der Waals surface area contributed by atoms with Gasteiger partial charge in [-0.1, -0.05) is 19.3 Å². The van der Waals surface area contributed by atoms with E-state index in [1.807, 2.05) is 0 Å². The molecule has 1 heterocycles. The summed E-state index contributed by atoms with van der Waals surface area (Å²) in [7, 11) is 1.80. The van der Waals surface area contributed by atoms with Crippen LogP contribution in [0.4, 0.5) is 0 Å². The second kappa shape index (κ2) is 7.46. The number of rotatable bonds is 4. The molecular formula is C15H30N2O. The van der Waals surface area contributed by atoms with Crippen molar-refractivity contribution in [1.29, 1.82) is 0 Å². The van der Waals surface area contributed by atoms with Crippen LogP contribution in [0, 0.1) is 5.92 Å². The Bertz CT molecular complexity index is 229. The topological polar surface area (TPSA) is 24.5 Å². The minimum absolute atomic E-state index is 0.696. The average molecular weight is 254 g/mol. The van der Waals surface area contributed by atoms with Crippen molar-refractivity contribution in [3.63, 3.8) is 0 Å². The van der Waals surface area contributed by atoms with Crippen LogP contribution in [-0.2, 0) is 4.74 Å². The van der Waals surface area contributed by atoms with Gasteiger partial charge in [0.1, 0.15) is 0 Å². The third-order valence-corrected chi connectivity index (χ3v) is 4.82. The van der Waals surface area contributed by atoms with Crippen LogP contribution in [-0.4, -0.2) is 50.3 Å². The molecule has 1 saturated carbocycles. The molecular weight excluding hydrogens is 224 g/mol. The van der Waals surface area contributed by atoms with E-state index >= 15 is 0 Å². The molecule has 0 radical (unpaired) electrons. The first-order valence-corrected chi connectivity index (χ1v) is 7.77. The van der Waals surface area contributed by atoms with E-state index in [-0.39, 0.29) is 0 Å². The molecule has 2 atom stereocenters. The Balaban J connectivity index is 1.89. The van der Waals surface area contributed by atoms with Crippen molar-refractivity contribution in [1.82, 2.24) is 10.2 Å². The minimum atomic E-state index is 0.696. The molecule has 0 bridgehead atoms. The van der Waals surface area contributed by atoms with Crippen molar-refractivity contribution in [3.8, 4) is 0 Å². The molecule has 1 saturated heterocycles. The van der Waals surface area contributed by atoms with Gasteiger partial charge < -0.3 is 10.1 Å². The zero-order valence-corrected chi connectivity index (χ0v) is 12.2. The summed E-state index contributed by atoms with van der Waals surface area (Å²) in [4.78, 5) is 2.63. The lowest BCUT2D eigenvalue weighted by molar-refractivity contribution is 0.113. The summed E-state index contributed by atoms with van der Waals surface area (Å²) >= 11 is 0. The molecule has 3 heteroatoms. The highest BCUT2D eigenvalue weighted by Gasteiger charge is 2.28. The van der Waals surface area contributed by atoms with Gasteiger partial charge >= 0.3 is 0 Å². The van der Waals surface area contributed by atoms with Gasteiger partial charge in [0.15, 0.2) is 0 Å². The summed E-state index contributed by atoms with van der Waals surface area (Å²) in [5.74, 6) is 0.911. The van der Waals surface area contributed by atoms with Gasteiger partial charge in [0, 0.05) is 32.3 Å². The van der Waals surface area contributed by atoms with Crippen LogP contribution in [0.25, 0.3) is 0 Å². The van der Waals surface area contributed by atoms with Gasteiger partial charge in [-0.2, -0.15) is 0 Å². The van der Waals surface area contributed by atoms with E-state index in [1.165, 1.54) is 51.6 Å². The van der Waals surface area contributed by atoms with E-state index in [1.54, 1.807) is 7.11 Å². The van der Waals surface area contributed by atoms with E-state index in [4.69, 9.17) is 4.74 Å². The predicted molar refractivity (Wildman–Crippen MR) is 75.9 cm³/mol. The average Bonchev–Trinajstić information content (AvgIpc) is 2.60. The van der Waals surface area contributed by atoms with Crippen LogP contribution in [0.5, 0.6) is 0 Å². The number of ether oxygens (including phenoxy) is 1. The highest BCUT2D eigenvalue weighted by molar-refractivity contribution is 4.86. The predicted octanol–water partition coefficient (Wildman–Crippen LogP) is 2.27. The molecule has 0 aromatic carbocycles. The SMILES string of the molecule is COCCN1CC(C2CCCCC2)NCCC1C. The highest BCUT2D eigenvalue weighted by atomic mass is 16.5. The lowest BCUT2D eigenvalue weighted by Gasteiger charge is -2.34. The van der Waals surface area contributed by atoms with Gasteiger partial charge in [0.2, 0.25) is 0 Å². The Hall–Kier alpha value is -0.120. The van der Waals surface area contributed by atoms with Crippen molar-refractivity contribution in [2.24, 2.45) is 5.92 Å². The zero-order valence-electron chi connectivity index (χ0n) is 12.2. The van der Waals surface area contributed by atoms with Crippen LogP contribution in [0.2, 0.25) is 0 Å². The summed E-state index contributed by atoms with van der Waals surface area (Å²) in [6.45, 7) is 6.71. The van der Waals surface area contributed by atoms with Crippen molar-refractivity contribution >= 4 is 0 Å². The van der Waals surface area contributed by atoms with Crippen LogP contribution < -0.4 is 5.32 Å². The summed E-state index contributed by atoms with van der Waals surface area (Å²) in [5.41, 5.74) is 0. The quantitative estimate of drug-likeness (QED) is 0.833. The van der Waals surface area contributed by atoms with Crippen molar-refractivity contribution in [2.45, 2.75) is 57.5 Å². The van der Waals surface area contributed by atoms with Crippen molar-refractivity contribution in [3.05, 3.63) is 0 Å². The van der Waals surface area contributed by atoms with Crippen LogP contribution in [0.3, 0.4) is 0 Å². The molecule has 1 aliphatic heterocycles. The number of hydrogen-bond acceptors (Lipinski definition) is 3. The molecule has 0 aromatic rings. The van der Waals surface area contributed by atoms with E-state index in [0.717, 1.165) is 19.1 Å². The lowest BCUT2D eigenvalue weighted by atomic mass is 9.83. The fraction of sp³-hybridized carbons (Fsp3) is 1.00. The molecule has 0 aromatic heterocycles. The Morgan fingerprint density at radius 1 is 1.17 bits per heavy atom. The third-order valence-electron chi connectivity index (χ3n) is 4.82. The van der Waals surface area contributed by atoms with E-state index < -0.39 is 0 Å². The van der Waals surface area contributed by atoms with Gasteiger partial charge in [0.25, 0.3) is 0 Å². The normalized spacial score (nSPS) is 32.3. The van der Waals surface area contributed by atoms with Crippen LogP contribution in [0.1, 0.15) is 45.4 Å². The maximum absolute atomic E-state index is 5.25. The Morgan fingerprint density at radius 2 is 1.94 bits per heavy atom. The summed E-state index contributed by atoms with van der Waals surface area (Å²) in [5, 5.41) is 3.81. The maximum atomic E-state index is 5.25. The first kappa shape index (κ1) is 14.3. The fourth-order valence-corrected chi connectivity index (χ4v) is 3.53. The van der Waals surface area contributed by atoms with E-state index in [0.29, 0.717) is 12.1 Å². The second-order valence-corrected chi connectivity index (χ2v) is 6.08. The van der Waals surface area contributed by atoms with Crippen molar-refractivity contribution in [2.75, 3.05) is 33.4 Å². The van der Waals surface area contributed by atoms with Gasteiger partial charge in [-0.3, -0.25) is 4.90 Å². The molecule has 3 nitrogen and oxygen atoms in total. The molecule has 1 aliphatic carbocycles. The number of hydrogen-bond donors (Lipinski definition) is 1. The number of nitrogens with zero attached hydrogens (tertiary/aromatic N) is 1. The van der Waals surface area contributed by atoms with Crippen LogP contribution >= 0.6 is 0 Å². The van der Waals surface area contributed by atoms with Gasteiger partial charge in [0.05, 0.1) is 6.61 Å². The molecule has 18 heavy (non-hydrogen) atoms. The molecule has 1 N–H and O–H groups in total. The Kier molecular flexibility index (Phi) is 5.93. The molecule has 2 fully saturated rings. The Labute approximate surface area is 112 Å². The zero-order chi connectivity index (χ0) is 12.8. The summed E-state index contributed by atoms with van der Waals surface area (Å²) in [6, 6.07) is 1.41. The standard InChI is InChI=1S/C15H30N2O/c1-13-8-9-16-15(12-17(13)10-11-18-2)14-6-4-3-5-7-14/h13-16H,3-12H2,1-2H3. The first-order chi connectivity index (χ1) is 8.81. The first-order valence-electron chi connectivity index (χ1n) is 7.77. The molecule has 0 amide bonds. The molecule has 2 unspecified atom stereocenters. The van der Waals surface area contributed by atoms with Gasteiger partial charge in [-0.25, -0.2) is 0 Å². The molecule has 2 rings (SSSR count). The highest BCUT2D eigenvalue weighted by Crippen LogP contribution is 2.28. The summed E-state index contributed by atoms with van der Waals surface area (Å²) in [6.07, 6.45) is 8.47. The van der Waals surface area contributed by atoms with E-state index in [9.17, 15) is 0 Å². The number of methoxy groups -OCH3 is 1. The fourth-order valence-electron chi connectivity index (χ4n) is 3.53. The van der Waals surface area contributed by atoms with Crippen molar-refractivity contribution < 1.29 is 4.74 Å². The minimum Gasteiger partial charge on any atom is -0.383 e. The lowest BCUT2D eigenvalue weighted by Crippen LogP contribution is -2.45.